The van der Waals surface area contributed by atoms with Gasteiger partial charge in [0.25, 0.3) is 0 Å². The van der Waals surface area contributed by atoms with Crippen LogP contribution in [0.5, 0.6) is 0 Å². The van der Waals surface area contributed by atoms with Crippen molar-refractivity contribution in [3.63, 3.8) is 0 Å². The summed E-state index contributed by atoms with van der Waals surface area (Å²) in [6, 6.07) is -2.61. The van der Waals surface area contributed by atoms with Gasteiger partial charge in [-0.1, -0.05) is 34.1 Å². The van der Waals surface area contributed by atoms with Gasteiger partial charge in [-0.25, -0.2) is 4.79 Å². The number of nitrogens with one attached hydrogen (secondary N) is 4. The maximum Gasteiger partial charge on any atom is 0.312 e. The summed E-state index contributed by atoms with van der Waals surface area (Å²) in [6.07, 6.45) is 2.42. The van der Waals surface area contributed by atoms with Crippen LogP contribution in [-0.2, 0) is 28.8 Å². The molecule has 14 heteroatoms. The van der Waals surface area contributed by atoms with Gasteiger partial charge < -0.3 is 27.0 Å². The number of nitrogens with zero attached hydrogens (tertiary/aromatic N) is 1. The number of carbonyl (C=O) groups excluding carboxylic acids is 7. The van der Waals surface area contributed by atoms with Crippen LogP contribution in [0.15, 0.2) is 0 Å². The Kier molecular flexibility index (Phi) is 15.3. The van der Waals surface area contributed by atoms with Crippen LogP contribution in [0.4, 0.5) is 4.79 Å². The molecule has 0 aromatic heterocycles. The summed E-state index contributed by atoms with van der Waals surface area (Å²) < 4.78 is 0. The number of carbonyl (C=O) groups is 7. The molecule has 1 rings (SSSR count). The van der Waals surface area contributed by atoms with Crippen LogP contribution >= 0.6 is 12.6 Å². The van der Waals surface area contributed by atoms with Crippen molar-refractivity contribution in [1.29, 1.82) is 0 Å². The second-order valence-corrected chi connectivity index (χ2v) is 11.2. The highest BCUT2D eigenvalue weighted by atomic mass is 32.1. The van der Waals surface area contributed by atoms with Gasteiger partial charge in [-0.2, -0.15) is 12.6 Å². The first kappa shape index (κ1) is 34.9. The first-order chi connectivity index (χ1) is 18.7. The number of Topliss-reactive ketones (excluding diaryl/α,β-unsaturated/α-hetero) is 1. The number of imide groups is 1. The average molecular weight is 585 g/mol. The molecule has 40 heavy (non-hydrogen) atoms. The standard InChI is InChI=1S/C26H44N6O7S/c1-15(2)18(33)14-29-23(36)17(9-8-11-28-26(27)39)30-24(37)22(16(3)4)31-20(34)10-6-5-7-12-32-21(35)13-19(40)25(32)38/h15-17,19,22,40H,5-14H2,1-4H3,(H,29,36)(H,30,37)(H,31,34)(H3,27,28,39). The van der Waals surface area contributed by atoms with E-state index < -0.39 is 35.2 Å². The van der Waals surface area contributed by atoms with Crippen molar-refractivity contribution in [2.75, 3.05) is 19.6 Å². The van der Waals surface area contributed by atoms with Gasteiger partial charge in [0.2, 0.25) is 29.5 Å². The summed E-state index contributed by atoms with van der Waals surface area (Å²) >= 11 is 4.09. The van der Waals surface area contributed by atoms with E-state index in [-0.39, 0.29) is 74.2 Å². The minimum Gasteiger partial charge on any atom is -0.352 e. The molecule has 1 heterocycles. The minimum absolute atomic E-state index is 0.103. The first-order valence-electron chi connectivity index (χ1n) is 13.7. The van der Waals surface area contributed by atoms with Crippen LogP contribution in [0.2, 0.25) is 0 Å². The van der Waals surface area contributed by atoms with E-state index in [0.29, 0.717) is 25.7 Å². The molecule has 3 unspecified atom stereocenters. The number of rotatable bonds is 18. The van der Waals surface area contributed by atoms with Gasteiger partial charge >= 0.3 is 6.03 Å². The molecule has 1 aliphatic rings. The lowest BCUT2D eigenvalue weighted by atomic mass is 10.0. The fourth-order valence-corrected chi connectivity index (χ4v) is 4.26. The smallest absolute Gasteiger partial charge is 0.312 e. The maximum atomic E-state index is 13.1. The summed E-state index contributed by atoms with van der Waals surface area (Å²) in [7, 11) is 0. The number of likely N-dealkylation sites (tertiary alicyclic amines) is 1. The van der Waals surface area contributed by atoms with Gasteiger partial charge in [-0.15, -0.1) is 0 Å². The number of unbranched alkanes of at least 4 members (excludes halogenated alkanes) is 2. The SMILES string of the molecule is CC(C)C(=O)CNC(=O)C(CCCNC(N)=O)NC(=O)C(NC(=O)CCCCCN1C(=O)CC(S)C1=O)C(C)C. The summed E-state index contributed by atoms with van der Waals surface area (Å²) in [5.41, 5.74) is 5.07. The summed E-state index contributed by atoms with van der Waals surface area (Å²) in [4.78, 5) is 86.2. The van der Waals surface area contributed by atoms with Crippen LogP contribution in [0, 0.1) is 11.8 Å². The summed E-state index contributed by atoms with van der Waals surface area (Å²) in [6.45, 7) is 7.25. The Labute approximate surface area is 240 Å². The molecular weight excluding hydrogens is 540 g/mol. The van der Waals surface area contributed by atoms with Crippen LogP contribution in [0.1, 0.15) is 72.6 Å². The number of hydrogen-bond acceptors (Lipinski definition) is 8. The van der Waals surface area contributed by atoms with E-state index in [1.54, 1.807) is 27.7 Å². The zero-order valence-electron chi connectivity index (χ0n) is 23.8. The molecule has 0 aromatic carbocycles. The maximum absolute atomic E-state index is 13.1. The molecule has 13 nitrogen and oxygen atoms in total. The van der Waals surface area contributed by atoms with Gasteiger partial charge in [0, 0.05) is 31.8 Å². The topological polar surface area (TPSA) is 197 Å². The number of hydrogen-bond donors (Lipinski definition) is 6. The van der Waals surface area contributed by atoms with Crippen LogP contribution in [-0.4, -0.2) is 83.2 Å². The number of urea groups is 1. The molecule has 0 aliphatic carbocycles. The van der Waals surface area contributed by atoms with Crippen molar-refractivity contribution in [3.8, 4) is 0 Å². The zero-order valence-corrected chi connectivity index (χ0v) is 24.7. The number of ketones is 1. The van der Waals surface area contributed by atoms with E-state index in [4.69, 9.17) is 5.73 Å². The lowest BCUT2D eigenvalue weighted by Crippen LogP contribution is -2.55. The van der Waals surface area contributed by atoms with E-state index in [9.17, 15) is 33.6 Å². The predicted molar refractivity (Wildman–Crippen MR) is 151 cm³/mol. The largest absolute Gasteiger partial charge is 0.352 e. The molecule has 0 radical (unpaired) electrons. The highest BCUT2D eigenvalue weighted by Gasteiger charge is 2.35. The highest BCUT2D eigenvalue weighted by molar-refractivity contribution is 7.81. The fourth-order valence-electron chi connectivity index (χ4n) is 3.96. The molecule has 226 valence electrons. The Balaban J connectivity index is 2.63. The Morgan fingerprint density at radius 1 is 0.950 bits per heavy atom. The summed E-state index contributed by atoms with van der Waals surface area (Å²) in [5, 5.41) is 9.77. The van der Waals surface area contributed by atoms with Crippen LogP contribution in [0.3, 0.4) is 0 Å². The third-order valence-corrected chi connectivity index (χ3v) is 6.86. The zero-order chi connectivity index (χ0) is 30.4. The summed E-state index contributed by atoms with van der Waals surface area (Å²) in [5.74, 6) is -2.68. The van der Waals surface area contributed by atoms with Crippen molar-refractivity contribution in [3.05, 3.63) is 0 Å². The van der Waals surface area contributed by atoms with Gasteiger partial charge in [0.05, 0.1) is 11.8 Å². The van der Waals surface area contributed by atoms with Crippen molar-refractivity contribution in [2.45, 2.75) is 90.0 Å². The molecule has 1 fully saturated rings. The normalized spacial score (nSPS) is 16.6. The quantitative estimate of drug-likeness (QED) is 0.0741. The molecule has 7 amide bonds. The Bertz CT molecular complexity index is 943. The van der Waals surface area contributed by atoms with Crippen molar-refractivity contribution in [1.82, 2.24) is 26.2 Å². The molecule has 6 N–H and O–H groups in total. The molecule has 0 saturated carbocycles. The molecule has 1 saturated heterocycles. The third kappa shape index (κ3) is 12.3. The third-order valence-electron chi connectivity index (χ3n) is 6.45. The Morgan fingerprint density at radius 3 is 2.17 bits per heavy atom. The molecular formula is C26H44N6O7S. The second-order valence-electron chi connectivity index (χ2n) is 10.5. The van der Waals surface area contributed by atoms with Gasteiger partial charge in [-0.05, 0) is 31.6 Å². The molecule has 0 bridgehead atoms. The molecule has 0 aromatic rings. The van der Waals surface area contributed by atoms with E-state index in [0.717, 1.165) is 0 Å². The molecule has 0 spiro atoms. The van der Waals surface area contributed by atoms with Crippen LogP contribution in [0.25, 0.3) is 0 Å². The Hall–Kier alpha value is -3.16. The molecule has 3 atom stereocenters. The van der Waals surface area contributed by atoms with Crippen molar-refractivity contribution in [2.24, 2.45) is 17.6 Å². The van der Waals surface area contributed by atoms with Crippen molar-refractivity contribution >= 4 is 54.0 Å². The van der Waals surface area contributed by atoms with Gasteiger partial charge in [0.15, 0.2) is 5.78 Å². The van der Waals surface area contributed by atoms with Gasteiger partial charge in [-0.3, -0.25) is 33.7 Å². The van der Waals surface area contributed by atoms with Crippen molar-refractivity contribution < 1.29 is 33.6 Å². The van der Waals surface area contributed by atoms with Gasteiger partial charge in [0.1, 0.15) is 12.1 Å². The number of amides is 7. The van der Waals surface area contributed by atoms with Crippen LogP contribution < -0.4 is 27.0 Å². The van der Waals surface area contributed by atoms with E-state index in [1.165, 1.54) is 4.90 Å². The number of thiol groups is 1. The monoisotopic (exact) mass is 584 g/mol. The Morgan fingerprint density at radius 2 is 1.62 bits per heavy atom. The first-order valence-corrected chi connectivity index (χ1v) is 14.2. The van der Waals surface area contributed by atoms with E-state index >= 15 is 0 Å². The number of nitrogens with two attached hydrogens (primary N) is 1. The lowest BCUT2D eigenvalue weighted by Gasteiger charge is -2.25. The van der Waals surface area contributed by atoms with E-state index in [1.807, 2.05) is 0 Å². The second kappa shape index (κ2) is 17.5. The van der Waals surface area contributed by atoms with E-state index in [2.05, 4.69) is 33.9 Å². The number of primary amides is 1. The fraction of sp³-hybridized carbons (Fsp3) is 0.731. The predicted octanol–water partition coefficient (Wildman–Crippen LogP) is 0.0195. The highest BCUT2D eigenvalue weighted by Crippen LogP contribution is 2.18. The lowest BCUT2D eigenvalue weighted by molar-refractivity contribution is -0.138. The molecule has 1 aliphatic heterocycles. The average Bonchev–Trinajstić information content (AvgIpc) is 3.12. The minimum atomic E-state index is -0.992.